The second-order valence-corrected chi connectivity index (χ2v) is 15.0. The van der Waals surface area contributed by atoms with Gasteiger partial charge in [-0.05, 0) is 79.9 Å². The topological polar surface area (TPSA) is 223 Å². The fourth-order valence-electron chi connectivity index (χ4n) is 7.69. The van der Waals surface area contributed by atoms with E-state index in [1.165, 1.54) is 36.4 Å². The zero-order valence-electron chi connectivity index (χ0n) is 33.8. The monoisotopic (exact) mass is 888 g/mol. The van der Waals surface area contributed by atoms with Crippen molar-refractivity contribution in [2.24, 2.45) is 0 Å². The molecular weight excluding hydrogens is 848 g/mol. The van der Waals surface area contributed by atoms with Crippen molar-refractivity contribution in [3.8, 4) is 28.0 Å². The number of rotatable bonds is 12. The van der Waals surface area contributed by atoms with Crippen LogP contribution in [0.15, 0.2) is 146 Å². The van der Waals surface area contributed by atoms with Crippen LogP contribution in [0.4, 0.5) is 14.0 Å². The molecule has 2 atom stereocenters. The molecule has 2 aliphatic carbocycles. The molecule has 16 heteroatoms. The van der Waals surface area contributed by atoms with Crippen LogP contribution in [0, 0.1) is 5.82 Å². The zero-order chi connectivity index (χ0) is 45.8. The van der Waals surface area contributed by atoms with E-state index in [9.17, 15) is 38.9 Å². The molecule has 0 radical (unpaired) electrons. The molecule has 0 aliphatic heterocycles. The van der Waals surface area contributed by atoms with Gasteiger partial charge in [0.05, 0.1) is 0 Å². The molecule has 328 valence electrons. The van der Waals surface area contributed by atoms with Crippen molar-refractivity contribution in [2.75, 3.05) is 13.2 Å². The molecular formula is C48H41FN2O12S. The molecule has 64 heavy (non-hydrogen) atoms. The molecule has 5 N–H and O–H groups in total. The largest absolute Gasteiger partial charge is 0.508 e. The fourth-order valence-corrected chi connectivity index (χ4v) is 7.69. The number of amides is 2. The van der Waals surface area contributed by atoms with E-state index in [0.29, 0.717) is 11.1 Å². The molecule has 14 nitrogen and oxygen atoms in total. The number of phenols is 1. The minimum atomic E-state index is -3.11. The Kier molecular flexibility index (Phi) is 15.2. The summed E-state index contributed by atoms with van der Waals surface area (Å²) in [5, 5.41) is 33.1. The van der Waals surface area contributed by atoms with Crippen LogP contribution in [0.25, 0.3) is 22.3 Å². The number of hydrogen-bond donors (Lipinski definition) is 5. The molecule has 8 rings (SSSR count). The summed E-state index contributed by atoms with van der Waals surface area (Å²) in [6.45, 7) is 0.216. The Morgan fingerprint density at radius 2 is 0.812 bits per heavy atom. The van der Waals surface area contributed by atoms with E-state index in [1.807, 2.05) is 97.1 Å². The molecule has 0 heterocycles. The van der Waals surface area contributed by atoms with Crippen LogP contribution in [-0.2, 0) is 42.5 Å². The number of aromatic hydroxyl groups is 1. The third kappa shape index (κ3) is 11.7. The Morgan fingerprint density at radius 3 is 1.12 bits per heavy atom. The minimum Gasteiger partial charge on any atom is -0.508 e. The highest BCUT2D eigenvalue weighted by Crippen LogP contribution is 2.45. The van der Waals surface area contributed by atoms with Crippen molar-refractivity contribution in [3.05, 3.63) is 185 Å². The SMILES string of the molecule is O=C(N[C@@H](Cc1ccc(F)cc1)C(=O)O)OCC1c2ccccc2-c2ccccc21.O=C(N[C@@H](Cc1ccc(O)cc1)C(=O)O)OCC1c2ccccc2-c2ccccc21.O=S(=O)=O. The second kappa shape index (κ2) is 21.3. The summed E-state index contributed by atoms with van der Waals surface area (Å²) in [5.74, 6) is -2.86. The Morgan fingerprint density at radius 1 is 0.516 bits per heavy atom. The number of ether oxygens (including phenoxy) is 2. The summed E-state index contributed by atoms with van der Waals surface area (Å²) in [4.78, 5) is 47.8. The molecule has 2 amide bonds. The molecule has 2 aliphatic rings. The third-order valence-electron chi connectivity index (χ3n) is 10.6. The van der Waals surface area contributed by atoms with Gasteiger partial charge >= 0.3 is 34.7 Å². The number of phenolic OH excluding ortho intramolecular Hbond substituents is 1. The molecule has 6 aromatic carbocycles. The van der Waals surface area contributed by atoms with Crippen LogP contribution in [0.1, 0.15) is 45.2 Å². The summed E-state index contributed by atoms with van der Waals surface area (Å²) >= 11 is 0. The average molecular weight is 889 g/mol. The summed E-state index contributed by atoms with van der Waals surface area (Å²) < 4.78 is 49.2. The number of halogens is 1. The highest BCUT2D eigenvalue weighted by molar-refractivity contribution is 7.59. The van der Waals surface area contributed by atoms with Gasteiger partial charge in [-0.3, -0.25) is 0 Å². The smallest absolute Gasteiger partial charge is 0.425 e. The number of aliphatic carboxylic acids is 2. The first-order chi connectivity index (χ1) is 30.8. The Bertz CT molecular complexity index is 2480. The van der Waals surface area contributed by atoms with E-state index in [4.69, 9.17) is 22.1 Å². The Balaban J connectivity index is 0.000000196. The number of hydrogen-bond acceptors (Lipinski definition) is 10. The molecule has 0 saturated carbocycles. The quantitative estimate of drug-likeness (QED) is 0.0818. The van der Waals surface area contributed by atoms with E-state index < -0.39 is 52.6 Å². The third-order valence-corrected chi connectivity index (χ3v) is 10.6. The lowest BCUT2D eigenvalue weighted by Crippen LogP contribution is -2.42. The maximum absolute atomic E-state index is 13.0. The summed E-state index contributed by atoms with van der Waals surface area (Å²) in [5.41, 5.74) is 10.1. The molecule has 0 unspecified atom stereocenters. The zero-order valence-corrected chi connectivity index (χ0v) is 34.6. The average Bonchev–Trinajstić information content (AvgIpc) is 3.78. The van der Waals surface area contributed by atoms with Gasteiger partial charge in [0.2, 0.25) is 0 Å². The van der Waals surface area contributed by atoms with E-state index in [0.717, 1.165) is 44.5 Å². The molecule has 0 saturated heterocycles. The van der Waals surface area contributed by atoms with Crippen LogP contribution < -0.4 is 10.6 Å². The second-order valence-electron chi connectivity index (χ2n) is 14.6. The maximum atomic E-state index is 13.0. The van der Waals surface area contributed by atoms with Gasteiger partial charge in [0, 0.05) is 24.7 Å². The van der Waals surface area contributed by atoms with Crippen molar-refractivity contribution < 1.29 is 61.0 Å². The Labute approximate surface area is 368 Å². The summed E-state index contributed by atoms with van der Waals surface area (Å²) in [6.07, 6.45) is -1.46. The van der Waals surface area contributed by atoms with Crippen molar-refractivity contribution in [2.45, 2.75) is 36.8 Å². The van der Waals surface area contributed by atoms with Gasteiger partial charge in [0.25, 0.3) is 0 Å². The number of carbonyl (C=O) groups excluding carboxylic acids is 2. The van der Waals surface area contributed by atoms with Crippen molar-refractivity contribution in [1.29, 1.82) is 0 Å². The number of fused-ring (bicyclic) bond motifs is 6. The number of nitrogens with one attached hydrogen (secondary N) is 2. The number of benzene rings is 6. The molecule has 0 spiro atoms. The van der Waals surface area contributed by atoms with Gasteiger partial charge in [-0.1, -0.05) is 121 Å². The highest BCUT2D eigenvalue weighted by atomic mass is 32.2. The van der Waals surface area contributed by atoms with E-state index in [-0.39, 0.29) is 43.6 Å². The first-order valence-electron chi connectivity index (χ1n) is 19.8. The summed E-state index contributed by atoms with van der Waals surface area (Å²) in [7, 11) is -3.11. The molecule has 6 aromatic rings. The lowest BCUT2D eigenvalue weighted by molar-refractivity contribution is -0.140. The standard InChI is InChI=1S/C24H20FNO4.C24H21NO5.O3S/c25-16-11-9-15(10-12-16)13-22(23(27)28)26-24(29)30-14-21-19-7-3-1-5-17(19)18-6-2-4-8-20(18)21;26-16-11-9-15(10-12-16)13-22(23(27)28)25-24(29)30-14-21-19-7-3-1-5-17(19)18-6-2-4-8-20(18)21;1-4(2)3/h1-12,21-22H,13-14H2,(H,26,29)(H,27,28);1-12,21-22,26H,13-14H2,(H,25,29)(H,27,28);/t2*22-;/m00./s1. The Hall–Kier alpha value is -7.85. The van der Waals surface area contributed by atoms with E-state index >= 15 is 0 Å². The van der Waals surface area contributed by atoms with E-state index in [2.05, 4.69) is 10.6 Å². The highest BCUT2D eigenvalue weighted by Gasteiger charge is 2.31. The number of carbonyl (C=O) groups is 4. The van der Waals surface area contributed by atoms with Gasteiger partial charge in [-0.2, -0.15) is 0 Å². The number of carboxylic acid groups (broad SMARTS) is 2. The van der Waals surface area contributed by atoms with Crippen molar-refractivity contribution in [1.82, 2.24) is 10.6 Å². The first-order valence-corrected chi connectivity index (χ1v) is 20.8. The van der Waals surface area contributed by atoms with Crippen molar-refractivity contribution in [3.63, 3.8) is 0 Å². The van der Waals surface area contributed by atoms with Gasteiger partial charge < -0.3 is 35.4 Å². The van der Waals surface area contributed by atoms with E-state index in [1.54, 1.807) is 12.1 Å². The molecule has 0 aromatic heterocycles. The fraction of sp³-hybridized carbons (Fsp3) is 0.167. The predicted molar refractivity (Wildman–Crippen MR) is 231 cm³/mol. The predicted octanol–water partition coefficient (Wildman–Crippen LogP) is 7.28. The van der Waals surface area contributed by atoms with Gasteiger partial charge in [-0.15, -0.1) is 12.6 Å². The van der Waals surface area contributed by atoms with Crippen LogP contribution >= 0.6 is 0 Å². The normalized spacial score (nSPS) is 12.8. The van der Waals surface area contributed by atoms with Gasteiger partial charge in [-0.25, -0.2) is 23.6 Å². The van der Waals surface area contributed by atoms with Gasteiger partial charge in [0.15, 0.2) is 0 Å². The number of carboxylic acids is 2. The molecule has 0 bridgehead atoms. The first kappa shape index (κ1) is 45.7. The lowest BCUT2D eigenvalue weighted by Gasteiger charge is -2.17. The number of alkyl carbamates (subject to hydrolysis) is 2. The maximum Gasteiger partial charge on any atom is 0.425 e. The minimum absolute atomic E-state index is 0.0276. The lowest BCUT2D eigenvalue weighted by atomic mass is 9.98. The van der Waals surface area contributed by atoms with Crippen molar-refractivity contribution >= 4 is 34.7 Å². The van der Waals surface area contributed by atoms with Gasteiger partial charge in [0.1, 0.15) is 36.9 Å². The molecule has 0 fully saturated rings. The van der Waals surface area contributed by atoms with Crippen LogP contribution in [-0.4, -0.2) is 77.4 Å². The van der Waals surface area contributed by atoms with Crippen LogP contribution in [0.2, 0.25) is 0 Å². The summed E-state index contributed by atoms with van der Waals surface area (Å²) in [6, 6.07) is 41.3. The van der Waals surface area contributed by atoms with Crippen LogP contribution in [0.5, 0.6) is 5.75 Å². The van der Waals surface area contributed by atoms with Crippen LogP contribution in [0.3, 0.4) is 0 Å².